The number of aryl methyl sites for hydroxylation is 2. The molecular weight excluding hydrogens is 705 g/mol. The van der Waals surface area contributed by atoms with Crippen molar-refractivity contribution in [1.29, 1.82) is 0 Å². The monoisotopic (exact) mass is 744 g/mol. The van der Waals surface area contributed by atoms with Crippen molar-refractivity contribution in [3.63, 3.8) is 0 Å². The number of hydrogen-bond acceptors (Lipinski definition) is 10. The Kier molecular flexibility index (Phi) is 13.1. The lowest BCUT2D eigenvalue weighted by Crippen LogP contribution is -2.50. The molecule has 2 amide bonds. The summed E-state index contributed by atoms with van der Waals surface area (Å²) in [7, 11) is -3.74. The summed E-state index contributed by atoms with van der Waals surface area (Å²) in [4.78, 5) is 54.2. The van der Waals surface area contributed by atoms with Crippen molar-refractivity contribution < 1.29 is 55.0 Å². The first-order chi connectivity index (χ1) is 22.9. The van der Waals surface area contributed by atoms with Crippen LogP contribution < -0.4 is 15.0 Å². The zero-order valence-corrected chi connectivity index (χ0v) is 29.7. The van der Waals surface area contributed by atoms with Crippen LogP contribution >= 0.6 is 13.5 Å². The summed E-state index contributed by atoms with van der Waals surface area (Å²) in [5.74, 6) is -2.36. The van der Waals surface area contributed by atoms with Crippen LogP contribution in [0.4, 0.5) is 18.9 Å². The lowest BCUT2D eigenvalue weighted by molar-refractivity contribution is -0.274. The number of ether oxygens (including phenoxy) is 3. The van der Waals surface area contributed by atoms with Gasteiger partial charge in [-0.2, -0.15) is 13.5 Å². The lowest BCUT2D eigenvalue weighted by Gasteiger charge is -2.34. The minimum atomic E-state index is -4.84. The van der Waals surface area contributed by atoms with Gasteiger partial charge >= 0.3 is 18.3 Å². The molecule has 0 radical (unpaired) electrons. The van der Waals surface area contributed by atoms with Gasteiger partial charge in [-0.25, -0.2) is 12.7 Å². The Balaban J connectivity index is 0.00000676. The second-order valence-electron chi connectivity index (χ2n) is 11.8. The molecule has 2 heterocycles. The van der Waals surface area contributed by atoms with Gasteiger partial charge in [-0.1, -0.05) is 6.07 Å². The van der Waals surface area contributed by atoms with E-state index in [0.717, 1.165) is 23.3 Å². The second kappa shape index (κ2) is 16.2. The highest BCUT2D eigenvalue weighted by molar-refractivity contribution is 7.89. The first-order valence-corrected chi connectivity index (χ1v) is 16.9. The number of carbonyl (C=O) groups is 4. The summed E-state index contributed by atoms with van der Waals surface area (Å²) in [6.45, 7) is 5.33. The Morgan fingerprint density at radius 3 is 2.22 bits per heavy atom. The van der Waals surface area contributed by atoms with Crippen LogP contribution in [0.1, 0.15) is 50.3 Å². The molecule has 4 rings (SSSR count). The zero-order chi connectivity index (χ0) is 36.1. The molecule has 50 heavy (non-hydrogen) atoms. The van der Waals surface area contributed by atoms with Crippen molar-refractivity contribution in [2.45, 2.75) is 65.0 Å². The van der Waals surface area contributed by atoms with Gasteiger partial charge in [0.05, 0.1) is 12.3 Å². The van der Waals surface area contributed by atoms with Crippen molar-refractivity contribution in [2.75, 3.05) is 36.9 Å². The van der Waals surface area contributed by atoms with E-state index in [1.165, 1.54) is 42.1 Å². The number of sulfonamides is 1. The Morgan fingerprint density at radius 2 is 1.68 bits per heavy atom. The Bertz CT molecular complexity index is 1730. The fourth-order valence-electron chi connectivity index (χ4n) is 5.63. The summed E-state index contributed by atoms with van der Waals surface area (Å²) in [5.41, 5.74) is 1.14. The van der Waals surface area contributed by atoms with E-state index in [9.17, 15) is 40.8 Å². The Morgan fingerprint density at radius 1 is 1.04 bits per heavy atom. The van der Waals surface area contributed by atoms with Gasteiger partial charge in [0, 0.05) is 45.1 Å². The molecule has 0 bridgehead atoms. The molecular formula is C32H39F3N4O9S2. The minimum absolute atomic E-state index is 0. The molecule has 13 nitrogen and oxygen atoms in total. The van der Waals surface area contributed by atoms with E-state index in [4.69, 9.17) is 9.47 Å². The van der Waals surface area contributed by atoms with Crippen LogP contribution in [-0.2, 0) is 45.1 Å². The molecule has 1 atom stereocenters. The van der Waals surface area contributed by atoms with E-state index in [0.29, 0.717) is 11.3 Å². The number of piperidine rings is 1. The van der Waals surface area contributed by atoms with Gasteiger partial charge in [-0.15, -0.1) is 13.2 Å². The maximum absolute atomic E-state index is 13.3. The third-order valence-corrected chi connectivity index (χ3v) is 10.00. The number of carbonyl (C=O) groups excluding carboxylic acids is 4. The maximum atomic E-state index is 13.3. The standard InChI is InChI=1S/C32H37F3N4O9S.H2S/c1-20-17-26(39(21(2)40)18-28(47-23(4)42)19-46-22(3)41)8-5-24(20)11-16-49(44,45)38-14-12-31(13-15-38)30(43)36-29(37-31)25-6-9-27(10-7-25)48-32(33,34)35;/h5-10,17,28H,11-16,18-19H2,1-4H3,(H,36,37,43);1H2/t28-;/m0./s1. The Hall–Kier alpha value is -4.16. The highest BCUT2D eigenvalue weighted by atomic mass is 32.2. The predicted molar refractivity (Wildman–Crippen MR) is 181 cm³/mol. The zero-order valence-electron chi connectivity index (χ0n) is 27.8. The van der Waals surface area contributed by atoms with Crippen LogP contribution in [0.25, 0.3) is 0 Å². The van der Waals surface area contributed by atoms with Gasteiger partial charge < -0.3 is 24.4 Å². The van der Waals surface area contributed by atoms with Crippen LogP contribution in [0.15, 0.2) is 47.5 Å². The number of anilines is 1. The number of nitrogens with zero attached hydrogens (tertiary/aromatic N) is 3. The van der Waals surface area contributed by atoms with Crippen LogP contribution in [0, 0.1) is 6.92 Å². The molecule has 18 heteroatoms. The fourth-order valence-corrected chi connectivity index (χ4v) is 7.10. The smallest absolute Gasteiger partial charge is 0.462 e. The minimum Gasteiger partial charge on any atom is -0.462 e. The number of rotatable bonds is 12. The normalized spacial score (nSPS) is 16.5. The molecule has 0 saturated carbocycles. The van der Waals surface area contributed by atoms with Gasteiger partial charge in [0.1, 0.15) is 23.7 Å². The van der Waals surface area contributed by atoms with Gasteiger partial charge in [0.15, 0.2) is 6.10 Å². The van der Waals surface area contributed by atoms with Gasteiger partial charge in [-0.05, 0) is 73.7 Å². The molecule has 0 aromatic heterocycles. The molecule has 2 aliphatic rings. The topological polar surface area (TPSA) is 161 Å². The Labute approximate surface area is 294 Å². The van der Waals surface area contributed by atoms with Gasteiger partial charge in [0.25, 0.3) is 5.91 Å². The fraction of sp³-hybridized carbons (Fsp3) is 0.469. The van der Waals surface area contributed by atoms with Crippen molar-refractivity contribution >= 4 is 58.8 Å². The third-order valence-electron chi connectivity index (χ3n) is 8.12. The molecule has 2 aromatic rings. The number of amides is 2. The van der Waals surface area contributed by atoms with Crippen LogP contribution in [0.3, 0.4) is 0 Å². The molecule has 2 aliphatic heterocycles. The van der Waals surface area contributed by atoms with E-state index in [1.807, 2.05) is 0 Å². The van der Waals surface area contributed by atoms with Crippen molar-refractivity contribution in [3.8, 4) is 5.75 Å². The quantitative estimate of drug-likeness (QED) is 0.322. The molecule has 1 saturated heterocycles. The molecule has 2 aromatic carbocycles. The summed E-state index contributed by atoms with van der Waals surface area (Å²) < 4.78 is 79.5. The number of esters is 2. The van der Waals surface area contributed by atoms with Gasteiger partial charge in [0.2, 0.25) is 15.9 Å². The number of alkyl halides is 3. The number of halogens is 3. The van der Waals surface area contributed by atoms with Crippen molar-refractivity contribution in [1.82, 2.24) is 9.62 Å². The average Bonchev–Trinajstić information content (AvgIpc) is 3.31. The number of benzene rings is 2. The molecule has 1 spiro atoms. The first-order valence-electron chi connectivity index (χ1n) is 15.3. The highest BCUT2D eigenvalue weighted by Crippen LogP contribution is 2.33. The number of amidine groups is 1. The van der Waals surface area contributed by atoms with Crippen molar-refractivity contribution in [3.05, 3.63) is 59.2 Å². The van der Waals surface area contributed by atoms with E-state index in [1.54, 1.807) is 25.1 Å². The van der Waals surface area contributed by atoms with E-state index in [-0.39, 0.29) is 76.5 Å². The SMILES string of the molecule is CC(=O)OC[C@H](CN(C(C)=O)c1ccc(CCS(=O)(=O)N2CCC3(CC2)N=C(c2ccc(OC(F)(F)F)cc2)NC3=O)c(C)c1)OC(C)=O.S. The number of nitrogens with one attached hydrogen (secondary N) is 1. The summed E-state index contributed by atoms with van der Waals surface area (Å²) in [6, 6.07) is 10.0. The number of hydrogen-bond donors (Lipinski definition) is 1. The molecule has 0 unspecified atom stereocenters. The number of aliphatic imine (C=N–C) groups is 1. The summed E-state index contributed by atoms with van der Waals surface area (Å²) in [5, 5.41) is 2.67. The second-order valence-corrected chi connectivity index (χ2v) is 13.8. The van der Waals surface area contributed by atoms with E-state index < -0.39 is 51.6 Å². The van der Waals surface area contributed by atoms with Gasteiger partial charge in [-0.3, -0.25) is 24.2 Å². The highest BCUT2D eigenvalue weighted by Gasteiger charge is 2.47. The van der Waals surface area contributed by atoms with E-state index in [2.05, 4.69) is 15.0 Å². The summed E-state index contributed by atoms with van der Waals surface area (Å²) in [6.07, 6.45) is -5.32. The van der Waals surface area contributed by atoms with Crippen molar-refractivity contribution in [2.24, 2.45) is 4.99 Å². The molecule has 1 fully saturated rings. The van der Waals surface area contributed by atoms with Crippen LogP contribution in [0.5, 0.6) is 5.75 Å². The van der Waals surface area contributed by atoms with Crippen LogP contribution in [0.2, 0.25) is 0 Å². The summed E-state index contributed by atoms with van der Waals surface area (Å²) >= 11 is 0. The predicted octanol–water partition coefficient (Wildman–Crippen LogP) is 3.14. The van der Waals surface area contributed by atoms with Crippen LogP contribution in [-0.4, -0.2) is 92.3 Å². The molecule has 0 aliphatic carbocycles. The first kappa shape index (κ1) is 40.3. The third kappa shape index (κ3) is 10.4. The molecule has 1 N–H and O–H groups in total. The maximum Gasteiger partial charge on any atom is 0.573 e. The van der Waals surface area contributed by atoms with E-state index >= 15 is 0 Å². The average molecular weight is 745 g/mol. The molecule has 274 valence electrons. The largest absolute Gasteiger partial charge is 0.573 e. The lowest BCUT2D eigenvalue weighted by atomic mass is 9.89.